The second-order valence-electron chi connectivity index (χ2n) is 3.75. The van der Waals surface area contributed by atoms with Crippen LogP contribution in [0.3, 0.4) is 0 Å². The summed E-state index contributed by atoms with van der Waals surface area (Å²) in [6.07, 6.45) is 0. The minimum Gasteiger partial charge on any atom is -0.320 e. The number of hydrogen-bond acceptors (Lipinski definition) is 1. The van der Waals surface area contributed by atoms with Crippen molar-refractivity contribution in [2.75, 3.05) is 11.9 Å². The van der Waals surface area contributed by atoms with Gasteiger partial charge in [-0.3, -0.25) is 0 Å². The quantitative estimate of drug-likeness (QED) is 0.442. The van der Waals surface area contributed by atoms with Crippen molar-refractivity contribution in [1.82, 2.24) is 0 Å². The minimum atomic E-state index is 0.406. The van der Waals surface area contributed by atoms with E-state index in [0.717, 1.165) is 11.4 Å². The van der Waals surface area contributed by atoms with Crippen molar-refractivity contribution in [3.8, 4) is 0 Å². The van der Waals surface area contributed by atoms with Crippen molar-refractivity contribution in [2.24, 2.45) is 4.99 Å². The first-order valence-electron chi connectivity index (χ1n) is 5.45. The minimum absolute atomic E-state index is 0.406. The lowest BCUT2D eigenvalue weighted by Crippen LogP contribution is -2.20. The third-order valence-electron chi connectivity index (χ3n) is 2.47. The molecule has 2 aromatic rings. The number of hydrogen-bond donors (Lipinski definition) is 0. The number of anilines is 1. The van der Waals surface area contributed by atoms with E-state index in [2.05, 4.69) is 4.99 Å². The highest BCUT2D eigenvalue weighted by Gasteiger charge is 2.05. The van der Waals surface area contributed by atoms with Crippen molar-refractivity contribution >= 4 is 39.9 Å². The van der Waals surface area contributed by atoms with Crippen molar-refractivity contribution in [1.29, 1.82) is 0 Å². The topological polar surface area (TPSA) is 15.6 Å². The summed E-state index contributed by atoms with van der Waals surface area (Å²) >= 11 is 12.0. The van der Waals surface area contributed by atoms with Crippen LogP contribution in [-0.4, -0.2) is 12.3 Å². The molecule has 2 rings (SSSR count). The third kappa shape index (κ3) is 3.25. The number of rotatable bonds is 2. The van der Waals surface area contributed by atoms with Crippen LogP contribution in [-0.2, 0) is 0 Å². The lowest BCUT2D eigenvalue weighted by molar-refractivity contribution is 1.27. The van der Waals surface area contributed by atoms with E-state index in [1.165, 1.54) is 0 Å². The summed E-state index contributed by atoms with van der Waals surface area (Å²) in [4.78, 5) is 6.14. The van der Waals surface area contributed by atoms with Gasteiger partial charge >= 0.3 is 0 Å². The fourth-order valence-electron chi connectivity index (χ4n) is 1.46. The number of para-hydroxylation sites is 1. The number of amidine groups is 1. The van der Waals surface area contributed by atoms with E-state index in [-0.39, 0.29) is 0 Å². The first-order valence-corrected chi connectivity index (χ1v) is 6.21. The van der Waals surface area contributed by atoms with Gasteiger partial charge in [0.1, 0.15) is 0 Å². The first kappa shape index (κ1) is 12.9. The lowest BCUT2D eigenvalue weighted by Gasteiger charge is -2.16. The number of aliphatic imine (C=N–C) groups is 1. The SMILES string of the molecule is CN(C(Cl)=Nc1ccc(Cl)cc1)c1ccccc1. The van der Waals surface area contributed by atoms with Crippen LogP contribution in [0.25, 0.3) is 0 Å². The van der Waals surface area contributed by atoms with Gasteiger partial charge in [-0.15, -0.1) is 0 Å². The molecular weight excluding hydrogens is 267 g/mol. The summed E-state index contributed by atoms with van der Waals surface area (Å²) in [5.41, 5.74) is 1.76. The van der Waals surface area contributed by atoms with Crippen molar-refractivity contribution < 1.29 is 0 Å². The molecule has 92 valence electrons. The molecule has 0 aliphatic rings. The molecule has 18 heavy (non-hydrogen) atoms. The molecule has 0 saturated carbocycles. The molecule has 2 aromatic carbocycles. The molecule has 0 heterocycles. The summed E-state index contributed by atoms with van der Waals surface area (Å²) in [6.45, 7) is 0. The average Bonchev–Trinajstić information content (AvgIpc) is 2.41. The Hall–Kier alpha value is -1.51. The van der Waals surface area contributed by atoms with Crippen molar-refractivity contribution in [2.45, 2.75) is 0 Å². The zero-order valence-corrected chi connectivity index (χ0v) is 11.4. The Balaban J connectivity index is 2.20. The Kier molecular flexibility index (Phi) is 4.24. The van der Waals surface area contributed by atoms with Gasteiger partial charge in [-0.2, -0.15) is 0 Å². The molecule has 0 aromatic heterocycles. The van der Waals surface area contributed by atoms with Crippen LogP contribution >= 0.6 is 23.2 Å². The molecule has 2 nitrogen and oxygen atoms in total. The molecule has 0 atom stereocenters. The fourth-order valence-corrected chi connectivity index (χ4v) is 1.78. The molecule has 0 radical (unpaired) electrons. The van der Waals surface area contributed by atoms with Gasteiger partial charge in [-0.25, -0.2) is 4.99 Å². The second kappa shape index (κ2) is 5.89. The summed E-state index contributed by atoms with van der Waals surface area (Å²) in [7, 11) is 1.87. The molecule has 0 unspecified atom stereocenters. The highest BCUT2D eigenvalue weighted by atomic mass is 35.5. The highest BCUT2D eigenvalue weighted by molar-refractivity contribution is 6.68. The van der Waals surface area contributed by atoms with Gasteiger partial charge in [0.25, 0.3) is 0 Å². The maximum Gasteiger partial charge on any atom is 0.203 e. The molecule has 0 spiro atoms. The smallest absolute Gasteiger partial charge is 0.203 e. The Bertz CT molecular complexity index is 535. The zero-order valence-electron chi connectivity index (χ0n) is 9.85. The van der Waals surface area contributed by atoms with Crippen molar-refractivity contribution in [3.05, 3.63) is 59.6 Å². The van der Waals surface area contributed by atoms with Gasteiger partial charge in [0.05, 0.1) is 5.69 Å². The predicted molar refractivity (Wildman–Crippen MR) is 79.2 cm³/mol. The summed E-state index contributed by atoms with van der Waals surface area (Å²) < 4.78 is 0. The van der Waals surface area contributed by atoms with E-state index in [9.17, 15) is 0 Å². The Morgan fingerprint density at radius 2 is 1.61 bits per heavy atom. The number of benzene rings is 2. The Morgan fingerprint density at radius 1 is 1.00 bits per heavy atom. The largest absolute Gasteiger partial charge is 0.320 e. The monoisotopic (exact) mass is 278 g/mol. The Morgan fingerprint density at radius 3 is 2.22 bits per heavy atom. The van der Waals surface area contributed by atoms with E-state index >= 15 is 0 Å². The summed E-state index contributed by atoms with van der Waals surface area (Å²) in [5, 5.41) is 1.09. The fraction of sp³-hybridized carbons (Fsp3) is 0.0714. The first-order chi connectivity index (χ1) is 8.66. The van der Waals surface area contributed by atoms with E-state index in [1.807, 2.05) is 54.4 Å². The van der Waals surface area contributed by atoms with E-state index < -0.39 is 0 Å². The lowest BCUT2D eigenvalue weighted by atomic mass is 10.3. The summed E-state index contributed by atoms with van der Waals surface area (Å²) in [5.74, 6) is 0. The van der Waals surface area contributed by atoms with Crippen molar-refractivity contribution in [3.63, 3.8) is 0 Å². The molecule has 0 bridgehead atoms. The molecule has 0 aliphatic heterocycles. The van der Waals surface area contributed by atoms with Crippen LogP contribution in [0.4, 0.5) is 11.4 Å². The van der Waals surface area contributed by atoms with Crippen LogP contribution in [0, 0.1) is 0 Å². The van der Waals surface area contributed by atoms with E-state index in [1.54, 1.807) is 12.1 Å². The maximum atomic E-state index is 6.18. The van der Waals surface area contributed by atoms with Gasteiger partial charge in [0, 0.05) is 17.8 Å². The second-order valence-corrected chi connectivity index (χ2v) is 4.53. The summed E-state index contributed by atoms with van der Waals surface area (Å²) in [6, 6.07) is 17.0. The van der Waals surface area contributed by atoms with Crippen LogP contribution in [0.2, 0.25) is 5.02 Å². The maximum absolute atomic E-state index is 6.18. The number of halogens is 2. The Labute approximate surface area is 116 Å². The van der Waals surface area contributed by atoms with E-state index in [4.69, 9.17) is 23.2 Å². The molecular formula is C14H12Cl2N2. The predicted octanol–water partition coefficient (Wildman–Crippen LogP) is 4.70. The van der Waals surface area contributed by atoms with Gasteiger partial charge in [-0.05, 0) is 48.0 Å². The third-order valence-corrected chi connectivity index (χ3v) is 3.06. The normalized spacial score (nSPS) is 11.4. The molecule has 0 saturated heterocycles. The number of nitrogens with zero attached hydrogens (tertiary/aromatic N) is 2. The molecule has 4 heteroatoms. The average molecular weight is 279 g/mol. The molecule has 0 amide bonds. The van der Waals surface area contributed by atoms with Crippen LogP contribution in [0.5, 0.6) is 0 Å². The standard InChI is InChI=1S/C14H12Cl2N2/c1-18(13-5-3-2-4-6-13)14(16)17-12-9-7-11(15)8-10-12/h2-10H,1H3. The van der Waals surface area contributed by atoms with Gasteiger partial charge in [0.2, 0.25) is 5.29 Å². The molecule has 0 N–H and O–H groups in total. The molecule has 0 aliphatic carbocycles. The van der Waals surface area contributed by atoms with Crippen LogP contribution < -0.4 is 4.90 Å². The van der Waals surface area contributed by atoms with E-state index in [0.29, 0.717) is 10.3 Å². The van der Waals surface area contributed by atoms with Crippen LogP contribution in [0.15, 0.2) is 59.6 Å². The molecule has 0 fully saturated rings. The highest BCUT2D eigenvalue weighted by Crippen LogP contribution is 2.19. The van der Waals surface area contributed by atoms with Gasteiger partial charge in [0.15, 0.2) is 0 Å². The van der Waals surface area contributed by atoms with Gasteiger partial charge in [-0.1, -0.05) is 29.8 Å². The van der Waals surface area contributed by atoms with Crippen LogP contribution in [0.1, 0.15) is 0 Å². The van der Waals surface area contributed by atoms with Gasteiger partial charge < -0.3 is 4.90 Å². The zero-order chi connectivity index (χ0) is 13.0.